The molecule has 0 aliphatic carbocycles. The fourth-order valence-electron chi connectivity index (χ4n) is 3.36. The standard InChI is InChI=1S/C20H20Cl2O6/c21-13-7-3-1-5-11(13)19-25-9-15(23)18-17(27-19)16(24)10-26-20(28-18)12-6-2-4-8-14(12)22/h1-8,15-20,23-24H,9-10H2/t15-,16+,17-,18-,19?,20?/m0/s1. The fourth-order valence-corrected chi connectivity index (χ4v) is 3.81. The number of hydrogen-bond acceptors (Lipinski definition) is 6. The van der Waals surface area contributed by atoms with E-state index in [1.54, 1.807) is 36.4 Å². The summed E-state index contributed by atoms with van der Waals surface area (Å²) in [6.07, 6.45) is -5.56. The molecule has 2 heterocycles. The highest BCUT2D eigenvalue weighted by Gasteiger charge is 2.45. The van der Waals surface area contributed by atoms with Gasteiger partial charge in [-0.1, -0.05) is 59.6 Å². The Hall–Kier alpha value is -1.22. The highest BCUT2D eigenvalue weighted by Crippen LogP contribution is 2.37. The van der Waals surface area contributed by atoms with Crippen LogP contribution in [-0.2, 0) is 18.9 Å². The van der Waals surface area contributed by atoms with Crippen molar-refractivity contribution >= 4 is 23.2 Å². The number of hydrogen-bond donors (Lipinski definition) is 2. The molecule has 2 aliphatic heterocycles. The van der Waals surface area contributed by atoms with E-state index in [0.29, 0.717) is 21.2 Å². The molecule has 2 saturated heterocycles. The van der Waals surface area contributed by atoms with Crippen molar-refractivity contribution in [3.63, 3.8) is 0 Å². The van der Waals surface area contributed by atoms with Gasteiger partial charge in [0, 0.05) is 21.2 Å². The molecule has 0 bridgehead atoms. The van der Waals surface area contributed by atoms with Gasteiger partial charge >= 0.3 is 0 Å². The highest BCUT2D eigenvalue weighted by atomic mass is 35.5. The molecule has 28 heavy (non-hydrogen) atoms. The molecule has 8 heteroatoms. The van der Waals surface area contributed by atoms with E-state index in [-0.39, 0.29) is 13.2 Å². The Balaban J connectivity index is 1.62. The van der Waals surface area contributed by atoms with E-state index in [9.17, 15) is 10.2 Å². The summed E-state index contributed by atoms with van der Waals surface area (Å²) in [4.78, 5) is 0. The summed E-state index contributed by atoms with van der Waals surface area (Å²) in [6.45, 7) is -0.113. The SMILES string of the molecule is O[C@@H]1COC(c2ccccc2Cl)O[C@@H]2[C@H]1OC(c1ccccc1Cl)OC[C@@H]2O. The van der Waals surface area contributed by atoms with Crippen LogP contribution in [0.3, 0.4) is 0 Å². The lowest BCUT2D eigenvalue weighted by Gasteiger charge is -2.29. The predicted molar refractivity (Wildman–Crippen MR) is 102 cm³/mol. The van der Waals surface area contributed by atoms with Crippen LogP contribution in [0.2, 0.25) is 10.0 Å². The molecule has 150 valence electrons. The molecule has 0 radical (unpaired) electrons. The van der Waals surface area contributed by atoms with E-state index in [1.807, 2.05) is 12.1 Å². The second-order valence-electron chi connectivity index (χ2n) is 6.71. The zero-order valence-corrected chi connectivity index (χ0v) is 16.3. The summed E-state index contributed by atoms with van der Waals surface area (Å²) in [5, 5.41) is 22.2. The second kappa shape index (κ2) is 8.65. The van der Waals surface area contributed by atoms with Crippen molar-refractivity contribution in [2.75, 3.05) is 13.2 Å². The van der Waals surface area contributed by atoms with Crippen LogP contribution >= 0.6 is 23.2 Å². The zero-order valence-electron chi connectivity index (χ0n) is 14.8. The van der Waals surface area contributed by atoms with Crippen molar-refractivity contribution < 1.29 is 29.2 Å². The third-order valence-corrected chi connectivity index (χ3v) is 5.49. The maximum atomic E-state index is 10.6. The summed E-state index contributed by atoms with van der Waals surface area (Å²) < 4.78 is 23.4. The quantitative estimate of drug-likeness (QED) is 0.767. The molecular formula is C20H20Cl2O6. The summed E-state index contributed by atoms with van der Waals surface area (Å²) in [5.41, 5.74) is 1.22. The number of ether oxygens (including phenoxy) is 4. The van der Waals surface area contributed by atoms with Crippen LogP contribution < -0.4 is 0 Å². The Bertz CT molecular complexity index is 751. The van der Waals surface area contributed by atoms with Crippen LogP contribution in [0.5, 0.6) is 0 Å². The number of fused-ring (bicyclic) bond motifs is 1. The second-order valence-corrected chi connectivity index (χ2v) is 7.52. The third kappa shape index (κ3) is 4.06. The lowest BCUT2D eigenvalue weighted by molar-refractivity contribution is -0.206. The van der Waals surface area contributed by atoms with Gasteiger partial charge in [-0.25, -0.2) is 0 Å². The average Bonchev–Trinajstić information content (AvgIpc) is 2.95. The van der Waals surface area contributed by atoms with Gasteiger partial charge in [0.15, 0.2) is 12.6 Å². The molecule has 0 amide bonds. The summed E-state index contributed by atoms with van der Waals surface area (Å²) >= 11 is 12.5. The molecular weight excluding hydrogens is 407 g/mol. The number of halogens is 2. The van der Waals surface area contributed by atoms with E-state index in [1.165, 1.54) is 0 Å². The lowest BCUT2D eigenvalue weighted by atomic mass is 10.0. The lowest BCUT2D eigenvalue weighted by Crippen LogP contribution is -2.47. The molecule has 2 aliphatic rings. The van der Waals surface area contributed by atoms with E-state index >= 15 is 0 Å². The predicted octanol–water partition coefficient (Wildman–Crippen LogP) is 3.24. The monoisotopic (exact) mass is 426 g/mol. The molecule has 2 N–H and O–H groups in total. The van der Waals surface area contributed by atoms with Gasteiger partial charge in [0.05, 0.1) is 13.2 Å². The van der Waals surface area contributed by atoms with E-state index in [0.717, 1.165) is 0 Å². The largest absolute Gasteiger partial charge is 0.388 e. The summed E-state index contributed by atoms with van der Waals surface area (Å²) in [6, 6.07) is 14.2. The van der Waals surface area contributed by atoms with E-state index < -0.39 is 37.0 Å². The summed E-state index contributed by atoms with van der Waals surface area (Å²) in [7, 11) is 0. The minimum absolute atomic E-state index is 0.0565. The van der Waals surface area contributed by atoms with Crippen LogP contribution in [0.1, 0.15) is 23.7 Å². The van der Waals surface area contributed by atoms with Gasteiger partial charge in [-0.15, -0.1) is 0 Å². The molecule has 2 aromatic rings. The van der Waals surface area contributed by atoms with Crippen molar-refractivity contribution in [1.82, 2.24) is 0 Å². The topological polar surface area (TPSA) is 77.4 Å². The maximum Gasteiger partial charge on any atom is 0.185 e. The molecule has 2 fully saturated rings. The van der Waals surface area contributed by atoms with Crippen LogP contribution in [0.25, 0.3) is 0 Å². The van der Waals surface area contributed by atoms with Gasteiger partial charge in [0.2, 0.25) is 0 Å². The van der Waals surface area contributed by atoms with Gasteiger partial charge in [0.25, 0.3) is 0 Å². The maximum absolute atomic E-state index is 10.6. The molecule has 6 atom stereocenters. The highest BCUT2D eigenvalue weighted by molar-refractivity contribution is 6.31. The third-order valence-electron chi connectivity index (χ3n) is 4.80. The Morgan fingerprint density at radius 1 is 0.679 bits per heavy atom. The van der Waals surface area contributed by atoms with Gasteiger partial charge < -0.3 is 29.2 Å². The van der Waals surface area contributed by atoms with Gasteiger partial charge in [-0.2, -0.15) is 0 Å². The van der Waals surface area contributed by atoms with Gasteiger partial charge in [0.1, 0.15) is 24.4 Å². The van der Waals surface area contributed by atoms with Crippen molar-refractivity contribution in [1.29, 1.82) is 0 Å². The van der Waals surface area contributed by atoms with Gasteiger partial charge in [-0.3, -0.25) is 0 Å². The number of aliphatic hydroxyl groups excluding tert-OH is 2. The first-order chi connectivity index (χ1) is 13.5. The minimum Gasteiger partial charge on any atom is -0.388 e. The van der Waals surface area contributed by atoms with Crippen LogP contribution in [0.15, 0.2) is 48.5 Å². The molecule has 2 aromatic carbocycles. The molecule has 4 rings (SSSR count). The van der Waals surface area contributed by atoms with Crippen LogP contribution in [0, 0.1) is 0 Å². The zero-order chi connectivity index (χ0) is 19.7. The molecule has 2 unspecified atom stereocenters. The smallest absolute Gasteiger partial charge is 0.185 e. The molecule has 0 aromatic heterocycles. The van der Waals surface area contributed by atoms with Gasteiger partial charge in [-0.05, 0) is 12.1 Å². The average molecular weight is 427 g/mol. The Labute approximate surface area is 172 Å². The molecule has 0 saturated carbocycles. The van der Waals surface area contributed by atoms with Crippen LogP contribution in [0.4, 0.5) is 0 Å². The van der Waals surface area contributed by atoms with Crippen molar-refractivity contribution in [3.8, 4) is 0 Å². The first-order valence-corrected chi connectivity index (χ1v) is 9.69. The Morgan fingerprint density at radius 3 is 1.46 bits per heavy atom. The molecule has 6 nitrogen and oxygen atoms in total. The Kier molecular flexibility index (Phi) is 6.20. The normalized spacial score (nSPS) is 33.6. The van der Waals surface area contributed by atoms with Crippen LogP contribution in [-0.4, -0.2) is 47.8 Å². The van der Waals surface area contributed by atoms with E-state index in [4.69, 9.17) is 42.1 Å². The fraction of sp³-hybridized carbons (Fsp3) is 0.400. The van der Waals surface area contributed by atoms with E-state index in [2.05, 4.69) is 0 Å². The number of aliphatic hydroxyl groups is 2. The van der Waals surface area contributed by atoms with Crippen molar-refractivity contribution in [2.24, 2.45) is 0 Å². The number of rotatable bonds is 2. The van der Waals surface area contributed by atoms with Crippen molar-refractivity contribution in [3.05, 3.63) is 69.7 Å². The van der Waals surface area contributed by atoms with Crippen molar-refractivity contribution in [2.45, 2.75) is 37.0 Å². The first-order valence-electron chi connectivity index (χ1n) is 8.93. The summed E-state index contributed by atoms with van der Waals surface area (Å²) in [5.74, 6) is 0. The first kappa shape index (κ1) is 20.1. The molecule has 0 spiro atoms. The Morgan fingerprint density at radius 2 is 1.07 bits per heavy atom. The minimum atomic E-state index is -1.04. The number of benzene rings is 2.